The molecule has 2 aliphatic rings. The summed E-state index contributed by atoms with van der Waals surface area (Å²) in [5.74, 6) is -1.63. The van der Waals surface area contributed by atoms with Gasteiger partial charge in [0.25, 0.3) is 0 Å². The molecule has 0 spiro atoms. The molecule has 3 heterocycles. The van der Waals surface area contributed by atoms with E-state index in [-0.39, 0.29) is 36.3 Å². The van der Waals surface area contributed by atoms with Gasteiger partial charge < -0.3 is 20.1 Å². The van der Waals surface area contributed by atoms with E-state index < -0.39 is 35.6 Å². The number of aryl methyl sites for hydroxylation is 1. The molecule has 0 radical (unpaired) electrons. The van der Waals surface area contributed by atoms with Crippen molar-refractivity contribution in [2.24, 2.45) is 17.3 Å². The summed E-state index contributed by atoms with van der Waals surface area (Å²) in [6, 6.07) is 0.103. The highest BCUT2D eigenvalue weighted by atomic mass is 32.1. The van der Waals surface area contributed by atoms with Gasteiger partial charge in [0.1, 0.15) is 11.9 Å². The average molecular weight is 552 g/mol. The second-order valence-corrected chi connectivity index (χ2v) is 12.9. The molecule has 2 aliphatic heterocycles. The van der Waals surface area contributed by atoms with Crippen molar-refractivity contribution in [1.29, 1.82) is 0 Å². The first-order chi connectivity index (χ1) is 17.7. The molecule has 0 saturated carbocycles. The fraction of sp³-hybridized carbons (Fsp3) is 0.786. The van der Waals surface area contributed by atoms with Crippen molar-refractivity contribution in [3.63, 3.8) is 0 Å². The van der Waals surface area contributed by atoms with E-state index >= 15 is 0 Å². The number of carbonyl (C=O) groups excluding carboxylic acids is 2. The predicted octanol–water partition coefficient (Wildman–Crippen LogP) is 3.15. The highest BCUT2D eigenvalue weighted by molar-refractivity contribution is 7.06. The summed E-state index contributed by atoms with van der Waals surface area (Å²) in [6.45, 7) is 13.4. The SMILES string of the molecule is C/C(=C\c1snnc1C)[C@@H]1C[C@@H]2N(CCO)[C@]2(C)CCC[C@H](C)[C@H](O)[C@@H](C)C(=O)C(C)(C)[C@@H](O)CC(=O)O1. The first-order valence-corrected chi connectivity index (χ1v) is 14.5. The van der Waals surface area contributed by atoms with Crippen molar-refractivity contribution >= 4 is 29.4 Å². The molecule has 10 heteroatoms. The third kappa shape index (κ3) is 6.53. The van der Waals surface area contributed by atoms with Gasteiger partial charge in [-0.15, -0.1) is 5.10 Å². The van der Waals surface area contributed by atoms with E-state index in [9.17, 15) is 24.9 Å². The summed E-state index contributed by atoms with van der Waals surface area (Å²) < 4.78 is 9.98. The zero-order chi connectivity index (χ0) is 28.4. The molecule has 3 rings (SSSR count). The number of β-amino-alcohol motifs (C(OH)–C–C–N with tert-alkyl or cyclic N) is 1. The molecule has 0 aromatic carbocycles. The van der Waals surface area contributed by atoms with E-state index in [0.29, 0.717) is 13.0 Å². The molecule has 38 heavy (non-hydrogen) atoms. The number of esters is 1. The maximum Gasteiger partial charge on any atom is 0.309 e. The largest absolute Gasteiger partial charge is 0.458 e. The highest BCUT2D eigenvalue weighted by Crippen LogP contribution is 2.48. The fourth-order valence-electron chi connectivity index (χ4n) is 5.96. The second-order valence-electron chi connectivity index (χ2n) is 12.1. The number of cyclic esters (lactones) is 1. The van der Waals surface area contributed by atoms with Crippen LogP contribution >= 0.6 is 11.5 Å². The maximum atomic E-state index is 13.3. The number of aromatic nitrogens is 2. The van der Waals surface area contributed by atoms with Crippen molar-refractivity contribution in [3.8, 4) is 0 Å². The Bertz CT molecular complexity index is 1030. The highest BCUT2D eigenvalue weighted by Gasteiger charge is 2.58. The van der Waals surface area contributed by atoms with Crippen LogP contribution in [0.4, 0.5) is 0 Å². The van der Waals surface area contributed by atoms with Crippen molar-refractivity contribution in [2.45, 2.75) is 110 Å². The zero-order valence-electron chi connectivity index (χ0n) is 23.8. The van der Waals surface area contributed by atoms with Gasteiger partial charge in [-0.05, 0) is 62.7 Å². The molecule has 2 saturated heterocycles. The Hall–Kier alpha value is -1.72. The predicted molar refractivity (Wildman–Crippen MR) is 146 cm³/mol. The number of ketones is 1. The van der Waals surface area contributed by atoms with Crippen molar-refractivity contribution < 1.29 is 29.6 Å². The first kappa shape index (κ1) is 30.8. The van der Waals surface area contributed by atoms with E-state index in [2.05, 4.69) is 21.4 Å². The van der Waals surface area contributed by atoms with Crippen LogP contribution in [0.2, 0.25) is 0 Å². The van der Waals surface area contributed by atoms with Gasteiger partial charge in [-0.3, -0.25) is 14.5 Å². The van der Waals surface area contributed by atoms with Crippen molar-refractivity contribution in [2.75, 3.05) is 13.2 Å². The van der Waals surface area contributed by atoms with E-state index in [1.165, 1.54) is 11.5 Å². The Balaban J connectivity index is 1.94. The smallest absolute Gasteiger partial charge is 0.309 e. The molecular weight excluding hydrogens is 506 g/mol. The van der Waals surface area contributed by atoms with E-state index in [1.54, 1.807) is 20.8 Å². The van der Waals surface area contributed by atoms with Gasteiger partial charge in [-0.25, -0.2) is 0 Å². The van der Waals surface area contributed by atoms with Crippen LogP contribution in [0.1, 0.15) is 84.2 Å². The third-order valence-corrected chi connectivity index (χ3v) is 9.74. The van der Waals surface area contributed by atoms with Crippen LogP contribution in [0.5, 0.6) is 0 Å². The van der Waals surface area contributed by atoms with Gasteiger partial charge in [0.2, 0.25) is 0 Å². The lowest BCUT2D eigenvalue weighted by molar-refractivity contribution is -0.154. The monoisotopic (exact) mass is 551 g/mol. The molecule has 0 amide bonds. The van der Waals surface area contributed by atoms with Gasteiger partial charge in [0.05, 0.1) is 41.2 Å². The molecule has 9 nitrogen and oxygen atoms in total. The van der Waals surface area contributed by atoms with Crippen molar-refractivity contribution in [1.82, 2.24) is 14.5 Å². The molecule has 2 fully saturated rings. The Morgan fingerprint density at radius 2 is 1.92 bits per heavy atom. The van der Waals surface area contributed by atoms with E-state index in [1.807, 2.05) is 26.8 Å². The summed E-state index contributed by atoms with van der Waals surface area (Å²) in [4.78, 5) is 29.6. The fourth-order valence-corrected chi connectivity index (χ4v) is 6.63. The number of nitrogens with zero attached hydrogens (tertiary/aromatic N) is 3. The van der Waals surface area contributed by atoms with Gasteiger partial charge in [-0.1, -0.05) is 38.6 Å². The van der Waals surface area contributed by atoms with Crippen LogP contribution in [0, 0.1) is 24.2 Å². The van der Waals surface area contributed by atoms with Crippen LogP contribution in [0.25, 0.3) is 6.08 Å². The summed E-state index contributed by atoms with van der Waals surface area (Å²) in [5, 5.41) is 35.7. The number of Topliss-reactive ketones (excluding diaryl/α,β-unsaturated/α-hetero) is 1. The molecule has 3 N–H and O–H groups in total. The van der Waals surface area contributed by atoms with Gasteiger partial charge in [0, 0.05) is 30.5 Å². The van der Waals surface area contributed by atoms with Crippen LogP contribution < -0.4 is 0 Å². The molecule has 0 aliphatic carbocycles. The number of hydrogen-bond donors (Lipinski definition) is 3. The van der Waals surface area contributed by atoms with E-state index in [0.717, 1.165) is 35.4 Å². The number of rotatable bonds is 4. The summed E-state index contributed by atoms with van der Waals surface area (Å²) in [5.41, 5.74) is 0.255. The Labute approximate surface area is 230 Å². The molecule has 1 unspecified atom stereocenters. The molecule has 1 aromatic heterocycles. The quantitative estimate of drug-likeness (QED) is 0.381. The number of ether oxygens (including phenoxy) is 1. The summed E-state index contributed by atoms with van der Waals surface area (Å²) in [7, 11) is 0. The van der Waals surface area contributed by atoms with Crippen LogP contribution in [-0.2, 0) is 14.3 Å². The molecular formula is C28H45N3O6S. The number of carbonyl (C=O) groups is 2. The summed E-state index contributed by atoms with van der Waals surface area (Å²) >= 11 is 1.28. The number of aliphatic hydroxyl groups excluding tert-OH is 3. The lowest BCUT2D eigenvalue weighted by Gasteiger charge is -2.34. The van der Waals surface area contributed by atoms with Crippen molar-refractivity contribution in [3.05, 3.63) is 16.1 Å². The Morgan fingerprint density at radius 3 is 2.53 bits per heavy atom. The zero-order valence-corrected chi connectivity index (χ0v) is 24.6. The third-order valence-electron chi connectivity index (χ3n) is 8.97. The normalized spacial score (nSPS) is 37.4. The standard InChI is InChI=1S/C28H45N3O6S/c1-16-9-8-10-28(7)22(31(28)11-12-32)14-20(17(2)13-21-19(4)29-30-38-21)37-24(34)15-23(33)27(5,6)26(36)18(3)25(16)35/h13,16,18,20,22-23,25,32-33,35H,8-12,14-15H2,1-7H3/b17-13+/t16-,18+,20-,22-,23-,25-,28+,31?/m0/s1. The summed E-state index contributed by atoms with van der Waals surface area (Å²) in [6.07, 6.45) is 1.99. The Morgan fingerprint density at radius 1 is 1.24 bits per heavy atom. The maximum absolute atomic E-state index is 13.3. The molecule has 1 aromatic rings. The molecule has 0 bridgehead atoms. The van der Waals surface area contributed by atoms with Crippen LogP contribution in [-0.4, -0.2) is 84.6 Å². The Kier molecular flexibility index (Phi) is 9.90. The minimum atomic E-state index is -1.25. The lowest BCUT2D eigenvalue weighted by Crippen LogP contribution is -2.45. The van der Waals surface area contributed by atoms with Gasteiger partial charge in [-0.2, -0.15) is 0 Å². The second kappa shape index (κ2) is 12.2. The first-order valence-electron chi connectivity index (χ1n) is 13.7. The van der Waals surface area contributed by atoms with E-state index in [4.69, 9.17) is 4.74 Å². The molecule has 8 atom stereocenters. The topological polar surface area (TPSA) is 133 Å². The minimum Gasteiger partial charge on any atom is -0.458 e. The number of hydrogen-bond acceptors (Lipinski definition) is 10. The minimum absolute atomic E-state index is 0.0348. The van der Waals surface area contributed by atoms with Crippen LogP contribution in [0.15, 0.2) is 5.57 Å². The average Bonchev–Trinajstić information content (AvgIpc) is 3.16. The lowest BCUT2D eigenvalue weighted by atomic mass is 9.73. The number of aliphatic hydroxyl groups is 3. The van der Waals surface area contributed by atoms with Gasteiger partial charge in [0.15, 0.2) is 0 Å². The van der Waals surface area contributed by atoms with Crippen LogP contribution in [0.3, 0.4) is 0 Å². The van der Waals surface area contributed by atoms with Gasteiger partial charge >= 0.3 is 5.97 Å². The molecule has 214 valence electrons. The number of fused-ring (bicyclic) bond motifs is 1.